The van der Waals surface area contributed by atoms with E-state index in [9.17, 15) is 14.7 Å². The van der Waals surface area contributed by atoms with Crippen molar-refractivity contribution in [3.63, 3.8) is 0 Å². The molecule has 0 spiro atoms. The molecule has 6 heteroatoms. The van der Waals surface area contributed by atoms with Crippen LogP contribution in [0.4, 0.5) is 0 Å². The van der Waals surface area contributed by atoms with Crippen molar-refractivity contribution < 1.29 is 24.2 Å². The Bertz CT molecular complexity index is 531. The zero-order valence-corrected chi connectivity index (χ0v) is 12.6. The molecule has 1 amide bonds. The molecule has 2 atom stereocenters. The number of amides is 1. The number of hydrogen-bond donors (Lipinski definition) is 2. The van der Waals surface area contributed by atoms with Gasteiger partial charge in [0.25, 0.3) is 0 Å². The van der Waals surface area contributed by atoms with Crippen LogP contribution in [0.15, 0.2) is 18.2 Å². The van der Waals surface area contributed by atoms with Crippen molar-refractivity contribution in [2.45, 2.75) is 13.3 Å². The van der Waals surface area contributed by atoms with Crippen LogP contribution >= 0.6 is 0 Å². The number of hydrogen-bond acceptors (Lipinski definition) is 5. The van der Waals surface area contributed by atoms with E-state index in [0.717, 1.165) is 0 Å². The van der Waals surface area contributed by atoms with Gasteiger partial charge >= 0.3 is 0 Å². The third-order valence-electron chi connectivity index (χ3n) is 3.78. The van der Waals surface area contributed by atoms with Gasteiger partial charge in [0.05, 0.1) is 18.8 Å². The van der Waals surface area contributed by atoms with Gasteiger partial charge in [-0.25, -0.2) is 0 Å². The maximum Gasteiger partial charge on any atom is 0.223 e. The van der Waals surface area contributed by atoms with Gasteiger partial charge in [0, 0.05) is 25.0 Å². The topological polar surface area (TPSA) is 84.9 Å². The Morgan fingerprint density at radius 3 is 3.09 bits per heavy atom. The van der Waals surface area contributed by atoms with Gasteiger partial charge in [-0.1, -0.05) is 6.07 Å². The van der Waals surface area contributed by atoms with Crippen LogP contribution in [0.25, 0.3) is 0 Å². The Morgan fingerprint density at radius 2 is 2.36 bits per heavy atom. The van der Waals surface area contributed by atoms with Crippen LogP contribution in [-0.4, -0.2) is 43.7 Å². The van der Waals surface area contributed by atoms with Gasteiger partial charge in [-0.3, -0.25) is 9.59 Å². The maximum atomic E-state index is 12.1. The summed E-state index contributed by atoms with van der Waals surface area (Å²) in [6.07, 6.45) is 1.21. The average Bonchev–Trinajstić information content (AvgIpc) is 2.53. The molecule has 120 valence electrons. The normalized spacial score (nSPS) is 21.1. The summed E-state index contributed by atoms with van der Waals surface area (Å²) < 4.78 is 11.1. The van der Waals surface area contributed by atoms with Crippen molar-refractivity contribution in [2.24, 2.45) is 11.8 Å². The third-order valence-corrected chi connectivity index (χ3v) is 3.78. The van der Waals surface area contributed by atoms with Crippen LogP contribution in [0.3, 0.4) is 0 Å². The molecule has 2 unspecified atom stereocenters. The SMILES string of the molecule is CCNC(=O)C1CCOCC1COc1cccc(O)c1C=O. The van der Waals surface area contributed by atoms with Crippen LogP contribution in [0.1, 0.15) is 23.7 Å². The first-order valence-electron chi connectivity index (χ1n) is 7.42. The zero-order chi connectivity index (χ0) is 15.9. The van der Waals surface area contributed by atoms with E-state index in [0.29, 0.717) is 38.2 Å². The van der Waals surface area contributed by atoms with Crippen molar-refractivity contribution in [3.05, 3.63) is 23.8 Å². The van der Waals surface area contributed by atoms with Gasteiger partial charge in [-0.05, 0) is 25.5 Å². The molecule has 1 aromatic rings. The van der Waals surface area contributed by atoms with Crippen molar-refractivity contribution in [2.75, 3.05) is 26.4 Å². The van der Waals surface area contributed by atoms with E-state index < -0.39 is 0 Å². The van der Waals surface area contributed by atoms with E-state index in [1.807, 2.05) is 6.92 Å². The molecule has 6 nitrogen and oxygen atoms in total. The fourth-order valence-electron chi connectivity index (χ4n) is 2.59. The Kier molecular flexibility index (Phi) is 5.77. The number of phenolic OH excluding ortho intramolecular Hbond substituents is 1. The van der Waals surface area contributed by atoms with Gasteiger partial charge in [-0.15, -0.1) is 0 Å². The van der Waals surface area contributed by atoms with Crippen LogP contribution in [0.2, 0.25) is 0 Å². The van der Waals surface area contributed by atoms with Crippen LogP contribution in [0, 0.1) is 11.8 Å². The van der Waals surface area contributed by atoms with Crippen molar-refractivity contribution >= 4 is 12.2 Å². The molecule has 0 radical (unpaired) electrons. The Hall–Kier alpha value is -2.08. The molecule has 1 aliphatic heterocycles. The molecule has 1 aliphatic rings. The van der Waals surface area contributed by atoms with E-state index >= 15 is 0 Å². The molecule has 22 heavy (non-hydrogen) atoms. The monoisotopic (exact) mass is 307 g/mol. The smallest absolute Gasteiger partial charge is 0.223 e. The molecule has 0 saturated carbocycles. The molecule has 1 aromatic carbocycles. The second kappa shape index (κ2) is 7.79. The number of carbonyl (C=O) groups is 2. The summed E-state index contributed by atoms with van der Waals surface area (Å²) >= 11 is 0. The van der Waals surface area contributed by atoms with Gasteiger partial charge < -0.3 is 19.9 Å². The number of aldehydes is 1. The molecule has 0 bridgehead atoms. The molecule has 1 heterocycles. The van der Waals surface area contributed by atoms with Gasteiger partial charge in [0.15, 0.2) is 6.29 Å². The maximum absolute atomic E-state index is 12.1. The lowest BCUT2D eigenvalue weighted by Gasteiger charge is -2.30. The van der Waals surface area contributed by atoms with E-state index in [2.05, 4.69) is 5.32 Å². The van der Waals surface area contributed by atoms with E-state index in [4.69, 9.17) is 9.47 Å². The number of carbonyl (C=O) groups excluding carboxylic acids is 2. The Morgan fingerprint density at radius 1 is 1.55 bits per heavy atom. The predicted octanol–water partition coefficient (Wildman–Crippen LogP) is 1.37. The highest BCUT2D eigenvalue weighted by Gasteiger charge is 2.32. The highest BCUT2D eigenvalue weighted by molar-refractivity contribution is 5.83. The summed E-state index contributed by atoms with van der Waals surface area (Å²) in [7, 11) is 0. The van der Waals surface area contributed by atoms with E-state index in [1.165, 1.54) is 6.07 Å². The number of ether oxygens (including phenoxy) is 2. The lowest BCUT2D eigenvalue weighted by Crippen LogP contribution is -2.42. The highest BCUT2D eigenvalue weighted by atomic mass is 16.5. The summed E-state index contributed by atoms with van der Waals surface area (Å²) in [5, 5.41) is 12.5. The summed E-state index contributed by atoms with van der Waals surface area (Å²) in [4.78, 5) is 23.1. The molecule has 1 fully saturated rings. The number of phenols is 1. The largest absolute Gasteiger partial charge is 0.507 e. The summed E-state index contributed by atoms with van der Waals surface area (Å²) in [5.41, 5.74) is 0.119. The first-order chi connectivity index (χ1) is 10.7. The number of nitrogens with one attached hydrogen (secondary N) is 1. The van der Waals surface area contributed by atoms with Crippen LogP contribution in [0.5, 0.6) is 11.5 Å². The quantitative estimate of drug-likeness (QED) is 0.775. The Labute approximate surface area is 129 Å². The second-order valence-corrected chi connectivity index (χ2v) is 5.24. The molecule has 2 N–H and O–H groups in total. The minimum Gasteiger partial charge on any atom is -0.507 e. The summed E-state index contributed by atoms with van der Waals surface area (Å²) in [5.74, 6) is -0.0401. The fourth-order valence-corrected chi connectivity index (χ4v) is 2.59. The summed E-state index contributed by atoms with van der Waals surface area (Å²) in [6.45, 7) is 3.73. The molecule has 0 aliphatic carbocycles. The van der Waals surface area contributed by atoms with Gasteiger partial charge in [0.2, 0.25) is 5.91 Å². The molecular weight excluding hydrogens is 286 g/mol. The third kappa shape index (κ3) is 3.76. The summed E-state index contributed by atoms with van der Waals surface area (Å²) in [6, 6.07) is 4.66. The van der Waals surface area contributed by atoms with Crippen molar-refractivity contribution in [3.8, 4) is 11.5 Å². The van der Waals surface area contributed by atoms with Crippen LogP contribution < -0.4 is 10.1 Å². The first kappa shape index (κ1) is 16.3. The zero-order valence-electron chi connectivity index (χ0n) is 12.6. The lowest BCUT2D eigenvalue weighted by molar-refractivity contribution is -0.132. The van der Waals surface area contributed by atoms with Gasteiger partial charge in [0.1, 0.15) is 11.5 Å². The number of rotatable bonds is 6. The van der Waals surface area contributed by atoms with Crippen LogP contribution in [-0.2, 0) is 9.53 Å². The first-order valence-corrected chi connectivity index (χ1v) is 7.42. The predicted molar refractivity (Wildman–Crippen MR) is 80.1 cm³/mol. The number of benzene rings is 1. The minimum absolute atomic E-state index is 0.00548. The minimum atomic E-state index is -0.161. The van der Waals surface area contributed by atoms with Crippen molar-refractivity contribution in [1.82, 2.24) is 5.32 Å². The van der Waals surface area contributed by atoms with Crippen molar-refractivity contribution in [1.29, 1.82) is 0 Å². The number of aromatic hydroxyl groups is 1. The second-order valence-electron chi connectivity index (χ2n) is 5.24. The molecule has 2 rings (SSSR count). The molecule has 0 aromatic heterocycles. The van der Waals surface area contributed by atoms with E-state index in [-0.39, 0.29) is 35.7 Å². The fraction of sp³-hybridized carbons (Fsp3) is 0.500. The highest BCUT2D eigenvalue weighted by Crippen LogP contribution is 2.28. The van der Waals surface area contributed by atoms with E-state index in [1.54, 1.807) is 12.1 Å². The standard InChI is InChI=1S/C16H21NO5/c1-2-17-16(20)12-6-7-21-9-11(12)10-22-15-5-3-4-14(19)13(15)8-18/h3-5,8,11-12,19H,2,6-7,9-10H2,1H3,(H,17,20). The van der Waals surface area contributed by atoms with Gasteiger partial charge in [-0.2, -0.15) is 0 Å². The molecular formula is C16H21NO5. The Balaban J connectivity index is 2.04. The average molecular weight is 307 g/mol. The molecule has 1 saturated heterocycles. The lowest BCUT2D eigenvalue weighted by atomic mass is 9.88.